The Kier molecular flexibility index (Phi) is 4.47. The van der Waals surface area contributed by atoms with Crippen LogP contribution in [0.25, 0.3) is 0 Å². The number of rotatable bonds is 2. The third-order valence-electron chi connectivity index (χ3n) is 3.35. The second-order valence-electron chi connectivity index (χ2n) is 4.48. The van der Waals surface area contributed by atoms with E-state index in [0.29, 0.717) is 6.04 Å². The third-order valence-corrected chi connectivity index (χ3v) is 4.71. The lowest BCUT2D eigenvalue weighted by atomic mass is 10.1. The van der Waals surface area contributed by atoms with Crippen LogP contribution < -0.4 is 0 Å². The van der Waals surface area contributed by atoms with Gasteiger partial charge in [0.05, 0.1) is 5.56 Å². The lowest BCUT2D eigenvalue weighted by Crippen LogP contribution is -2.35. The minimum Gasteiger partial charge on any atom is -0.339 e. The van der Waals surface area contributed by atoms with Crippen LogP contribution in [0.1, 0.15) is 36.0 Å². The van der Waals surface area contributed by atoms with Crippen LogP contribution in [-0.4, -0.2) is 23.9 Å². The fourth-order valence-corrected chi connectivity index (χ4v) is 3.22. The van der Waals surface area contributed by atoms with Crippen molar-refractivity contribution in [1.29, 1.82) is 0 Å². The van der Waals surface area contributed by atoms with Crippen molar-refractivity contribution in [3.05, 3.63) is 31.8 Å². The SMILES string of the molecule is CN(C(=O)c1cc(I)ccc1Br)C1CCCC1. The topological polar surface area (TPSA) is 20.3 Å². The first-order chi connectivity index (χ1) is 8.09. The minimum atomic E-state index is 0.127. The van der Waals surface area contributed by atoms with Gasteiger partial charge in [0.2, 0.25) is 0 Å². The highest BCUT2D eigenvalue weighted by Gasteiger charge is 2.25. The Labute approximate surface area is 124 Å². The Morgan fingerprint density at radius 2 is 2.06 bits per heavy atom. The normalized spacial score (nSPS) is 16.2. The lowest BCUT2D eigenvalue weighted by Gasteiger charge is -2.24. The molecule has 1 aromatic carbocycles. The summed E-state index contributed by atoms with van der Waals surface area (Å²) in [5.41, 5.74) is 0.770. The lowest BCUT2D eigenvalue weighted by molar-refractivity contribution is 0.0734. The first-order valence-corrected chi connectivity index (χ1v) is 7.69. The first-order valence-electron chi connectivity index (χ1n) is 5.82. The predicted molar refractivity (Wildman–Crippen MR) is 81.2 cm³/mol. The van der Waals surface area contributed by atoms with Gasteiger partial charge in [0.1, 0.15) is 0 Å². The Morgan fingerprint density at radius 3 is 2.71 bits per heavy atom. The molecule has 1 fully saturated rings. The number of carbonyl (C=O) groups excluding carboxylic acids is 1. The fraction of sp³-hybridized carbons (Fsp3) is 0.462. The van der Waals surface area contributed by atoms with E-state index in [4.69, 9.17) is 0 Å². The van der Waals surface area contributed by atoms with Crippen LogP contribution in [0, 0.1) is 3.57 Å². The van der Waals surface area contributed by atoms with E-state index < -0.39 is 0 Å². The number of carbonyl (C=O) groups is 1. The molecule has 0 saturated heterocycles. The summed E-state index contributed by atoms with van der Waals surface area (Å²) < 4.78 is 1.97. The molecule has 0 spiro atoms. The fourth-order valence-electron chi connectivity index (χ4n) is 2.31. The molecule has 0 aliphatic heterocycles. The van der Waals surface area contributed by atoms with Gasteiger partial charge in [-0.05, 0) is 69.6 Å². The molecule has 0 atom stereocenters. The molecular formula is C13H15BrINO. The Balaban J connectivity index is 2.20. The zero-order valence-electron chi connectivity index (χ0n) is 9.75. The Morgan fingerprint density at radius 1 is 1.41 bits per heavy atom. The molecule has 0 heterocycles. The molecule has 1 amide bonds. The molecular weight excluding hydrogens is 393 g/mol. The van der Waals surface area contributed by atoms with E-state index in [1.54, 1.807) is 0 Å². The summed E-state index contributed by atoms with van der Waals surface area (Å²) in [7, 11) is 1.92. The summed E-state index contributed by atoms with van der Waals surface area (Å²) in [5.74, 6) is 0.127. The second kappa shape index (κ2) is 5.69. The molecule has 2 rings (SSSR count). The molecule has 17 heavy (non-hydrogen) atoms. The Bertz CT molecular complexity index is 429. The molecule has 1 aliphatic rings. The van der Waals surface area contributed by atoms with Gasteiger partial charge in [-0.2, -0.15) is 0 Å². The van der Waals surface area contributed by atoms with Crippen molar-refractivity contribution in [3.63, 3.8) is 0 Å². The average Bonchev–Trinajstić information content (AvgIpc) is 2.84. The molecule has 4 heteroatoms. The van der Waals surface area contributed by atoms with Crippen LogP contribution >= 0.6 is 38.5 Å². The highest BCUT2D eigenvalue weighted by Crippen LogP contribution is 2.26. The number of hydrogen-bond acceptors (Lipinski definition) is 1. The number of nitrogens with zero attached hydrogens (tertiary/aromatic N) is 1. The average molecular weight is 408 g/mol. The smallest absolute Gasteiger partial charge is 0.255 e. The first kappa shape index (κ1) is 13.3. The van der Waals surface area contributed by atoms with Crippen LogP contribution in [0.3, 0.4) is 0 Å². The third kappa shape index (κ3) is 3.02. The molecule has 0 aromatic heterocycles. The Hall–Kier alpha value is -0.100. The van der Waals surface area contributed by atoms with Crippen molar-refractivity contribution in [2.24, 2.45) is 0 Å². The van der Waals surface area contributed by atoms with Gasteiger partial charge in [0, 0.05) is 21.1 Å². The summed E-state index contributed by atoms with van der Waals surface area (Å²) >= 11 is 5.69. The van der Waals surface area contributed by atoms with Crippen molar-refractivity contribution in [3.8, 4) is 0 Å². The van der Waals surface area contributed by atoms with E-state index in [-0.39, 0.29) is 5.91 Å². The van der Waals surface area contributed by atoms with Crippen molar-refractivity contribution < 1.29 is 4.79 Å². The molecule has 0 unspecified atom stereocenters. The van der Waals surface area contributed by atoms with E-state index in [1.165, 1.54) is 12.8 Å². The molecule has 1 aliphatic carbocycles. The summed E-state index contributed by atoms with van der Waals surface area (Å²) in [5, 5.41) is 0. The summed E-state index contributed by atoms with van der Waals surface area (Å²) in [6, 6.07) is 6.31. The molecule has 0 N–H and O–H groups in total. The van der Waals surface area contributed by atoms with Crippen LogP contribution in [0.4, 0.5) is 0 Å². The van der Waals surface area contributed by atoms with E-state index in [9.17, 15) is 4.79 Å². The van der Waals surface area contributed by atoms with Crippen LogP contribution in [0.2, 0.25) is 0 Å². The summed E-state index contributed by atoms with van der Waals surface area (Å²) in [6.45, 7) is 0. The summed E-state index contributed by atoms with van der Waals surface area (Å²) in [4.78, 5) is 14.3. The molecule has 1 aromatic rings. The van der Waals surface area contributed by atoms with Gasteiger partial charge >= 0.3 is 0 Å². The van der Waals surface area contributed by atoms with E-state index >= 15 is 0 Å². The van der Waals surface area contributed by atoms with Crippen molar-refractivity contribution >= 4 is 44.4 Å². The van der Waals surface area contributed by atoms with Gasteiger partial charge in [-0.3, -0.25) is 4.79 Å². The minimum absolute atomic E-state index is 0.127. The van der Waals surface area contributed by atoms with E-state index in [1.807, 2.05) is 30.1 Å². The van der Waals surface area contributed by atoms with Crippen molar-refractivity contribution in [2.45, 2.75) is 31.7 Å². The van der Waals surface area contributed by atoms with Gasteiger partial charge in [0.15, 0.2) is 0 Å². The quantitative estimate of drug-likeness (QED) is 0.676. The maximum atomic E-state index is 12.4. The second-order valence-corrected chi connectivity index (χ2v) is 6.58. The van der Waals surface area contributed by atoms with Gasteiger partial charge in [-0.1, -0.05) is 12.8 Å². The zero-order chi connectivity index (χ0) is 12.4. The molecule has 1 saturated carbocycles. The zero-order valence-corrected chi connectivity index (χ0v) is 13.5. The molecule has 0 bridgehead atoms. The summed E-state index contributed by atoms with van der Waals surface area (Å²) in [6.07, 6.45) is 4.78. The maximum absolute atomic E-state index is 12.4. The van der Waals surface area contributed by atoms with Gasteiger partial charge in [-0.15, -0.1) is 0 Å². The predicted octanol–water partition coefficient (Wildman–Crippen LogP) is 4.07. The highest BCUT2D eigenvalue weighted by atomic mass is 127. The molecule has 0 radical (unpaired) electrons. The van der Waals surface area contributed by atoms with Gasteiger partial charge in [-0.25, -0.2) is 0 Å². The van der Waals surface area contributed by atoms with E-state index in [2.05, 4.69) is 38.5 Å². The molecule has 92 valence electrons. The number of hydrogen-bond donors (Lipinski definition) is 0. The largest absolute Gasteiger partial charge is 0.339 e. The van der Waals surface area contributed by atoms with E-state index in [0.717, 1.165) is 26.4 Å². The van der Waals surface area contributed by atoms with Gasteiger partial charge in [0.25, 0.3) is 5.91 Å². The number of halogens is 2. The van der Waals surface area contributed by atoms with Crippen molar-refractivity contribution in [1.82, 2.24) is 4.90 Å². The van der Waals surface area contributed by atoms with Crippen LogP contribution in [0.5, 0.6) is 0 Å². The molecule has 2 nitrogen and oxygen atoms in total. The number of amides is 1. The van der Waals surface area contributed by atoms with Gasteiger partial charge < -0.3 is 4.90 Å². The highest BCUT2D eigenvalue weighted by molar-refractivity contribution is 14.1. The monoisotopic (exact) mass is 407 g/mol. The maximum Gasteiger partial charge on any atom is 0.255 e. The standard InChI is InChI=1S/C13H15BrINO/c1-16(10-4-2-3-5-10)13(17)11-8-9(15)6-7-12(11)14/h6-8,10H,2-5H2,1H3. The van der Waals surface area contributed by atoms with Crippen molar-refractivity contribution in [2.75, 3.05) is 7.05 Å². The number of benzene rings is 1. The van der Waals surface area contributed by atoms with Crippen LogP contribution in [-0.2, 0) is 0 Å². The van der Waals surface area contributed by atoms with Crippen LogP contribution in [0.15, 0.2) is 22.7 Å².